The Kier molecular flexibility index (Phi) is 4.45. The molecule has 0 spiro atoms. The van der Waals surface area contributed by atoms with Crippen molar-refractivity contribution in [2.75, 3.05) is 6.61 Å². The van der Waals surface area contributed by atoms with Crippen molar-refractivity contribution >= 4 is 0 Å². The molecule has 2 rings (SSSR count). The first-order valence-corrected chi connectivity index (χ1v) is 6.10. The first-order chi connectivity index (χ1) is 8.79. The van der Waals surface area contributed by atoms with Crippen LogP contribution in [0, 0.1) is 6.92 Å². The standard InChI is InChI=1S/C15H18N2O/c1-12-7-8-14(10-16-12)15(11-18)17-9-13-5-3-2-4-6-13/h2-8,10,15,17-18H,9,11H2,1H3. The smallest absolute Gasteiger partial charge is 0.0627 e. The van der Waals surface area contributed by atoms with Crippen LogP contribution in [0.25, 0.3) is 0 Å². The topological polar surface area (TPSA) is 45.1 Å². The van der Waals surface area contributed by atoms with Gasteiger partial charge < -0.3 is 10.4 Å². The third-order valence-electron chi connectivity index (χ3n) is 2.91. The number of pyridine rings is 1. The van der Waals surface area contributed by atoms with E-state index >= 15 is 0 Å². The fourth-order valence-electron chi connectivity index (χ4n) is 1.81. The highest BCUT2D eigenvalue weighted by atomic mass is 16.3. The summed E-state index contributed by atoms with van der Waals surface area (Å²) in [6.07, 6.45) is 1.81. The van der Waals surface area contributed by atoms with Crippen molar-refractivity contribution in [2.45, 2.75) is 19.5 Å². The van der Waals surface area contributed by atoms with Gasteiger partial charge in [-0.25, -0.2) is 0 Å². The molecule has 0 aliphatic carbocycles. The van der Waals surface area contributed by atoms with Gasteiger partial charge in [-0.15, -0.1) is 0 Å². The molecule has 18 heavy (non-hydrogen) atoms. The third-order valence-corrected chi connectivity index (χ3v) is 2.91. The lowest BCUT2D eigenvalue weighted by molar-refractivity contribution is 0.243. The molecule has 1 aromatic carbocycles. The molecular formula is C15H18N2O. The maximum atomic E-state index is 9.44. The zero-order chi connectivity index (χ0) is 12.8. The van der Waals surface area contributed by atoms with E-state index in [1.54, 1.807) is 0 Å². The van der Waals surface area contributed by atoms with Gasteiger partial charge in [0.05, 0.1) is 12.6 Å². The lowest BCUT2D eigenvalue weighted by Crippen LogP contribution is -2.24. The van der Waals surface area contributed by atoms with Crippen molar-refractivity contribution in [3.05, 3.63) is 65.5 Å². The Balaban J connectivity index is 1.99. The van der Waals surface area contributed by atoms with Gasteiger partial charge in [0.2, 0.25) is 0 Å². The third kappa shape index (κ3) is 3.39. The summed E-state index contributed by atoms with van der Waals surface area (Å²) >= 11 is 0. The Morgan fingerprint density at radius 2 is 1.94 bits per heavy atom. The minimum Gasteiger partial charge on any atom is -0.394 e. The Labute approximate surface area is 108 Å². The van der Waals surface area contributed by atoms with Crippen LogP contribution in [-0.2, 0) is 6.54 Å². The highest BCUT2D eigenvalue weighted by molar-refractivity contribution is 5.19. The highest BCUT2D eigenvalue weighted by Crippen LogP contribution is 2.12. The number of aryl methyl sites for hydroxylation is 1. The SMILES string of the molecule is Cc1ccc(C(CO)NCc2ccccc2)cn1. The Morgan fingerprint density at radius 1 is 1.17 bits per heavy atom. The molecule has 0 saturated carbocycles. The zero-order valence-electron chi connectivity index (χ0n) is 10.5. The average molecular weight is 242 g/mol. The van der Waals surface area contributed by atoms with Crippen LogP contribution in [0.15, 0.2) is 48.7 Å². The van der Waals surface area contributed by atoms with Crippen molar-refractivity contribution in [3.63, 3.8) is 0 Å². The monoisotopic (exact) mass is 242 g/mol. The maximum Gasteiger partial charge on any atom is 0.0627 e. The summed E-state index contributed by atoms with van der Waals surface area (Å²) in [4.78, 5) is 4.25. The van der Waals surface area contributed by atoms with Crippen molar-refractivity contribution < 1.29 is 5.11 Å². The molecule has 0 aliphatic heterocycles. The molecule has 0 fully saturated rings. The van der Waals surface area contributed by atoms with Gasteiger partial charge in [-0.05, 0) is 24.1 Å². The second kappa shape index (κ2) is 6.28. The normalized spacial score (nSPS) is 12.3. The van der Waals surface area contributed by atoms with Crippen LogP contribution in [0.1, 0.15) is 22.9 Å². The molecule has 1 atom stereocenters. The van der Waals surface area contributed by atoms with Gasteiger partial charge in [-0.3, -0.25) is 4.98 Å². The van der Waals surface area contributed by atoms with Crippen molar-refractivity contribution in [2.24, 2.45) is 0 Å². The summed E-state index contributed by atoms with van der Waals surface area (Å²) in [6.45, 7) is 2.76. The van der Waals surface area contributed by atoms with Crippen LogP contribution < -0.4 is 5.32 Å². The van der Waals surface area contributed by atoms with Crippen molar-refractivity contribution in [1.82, 2.24) is 10.3 Å². The largest absolute Gasteiger partial charge is 0.394 e. The second-order valence-corrected chi connectivity index (χ2v) is 4.33. The summed E-state index contributed by atoms with van der Waals surface area (Å²) < 4.78 is 0. The molecule has 0 radical (unpaired) electrons. The molecule has 2 aromatic rings. The summed E-state index contributed by atoms with van der Waals surface area (Å²) in [7, 11) is 0. The molecule has 0 saturated heterocycles. The van der Waals surface area contributed by atoms with E-state index in [1.807, 2.05) is 43.5 Å². The summed E-state index contributed by atoms with van der Waals surface area (Å²) in [5.41, 5.74) is 3.20. The zero-order valence-corrected chi connectivity index (χ0v) is 10.5. The first kappa shape index (κ1) is 12.7. The van der Waals surface area contributed by atoms with E-state index in [4.69, 9.17) is 0 Å². The predicted octanol–water partition coefficient (Wildman–Crippen LogP) is 2.21. The number of aliphatic hydroxyl groups excluding tert-OH is 1. The molecule has 0 aliphatic rings. The van der Waals surface area contributed by atoms with Crippen LogP contribution in [0.4, 0.5) is 0 Å². The molecule has 3 nitrogen and oxygen atoms in total. The molecule has 0 bridgehead atoms. The van der Waals surface area contributed by atoms with Gasteiger partial charge >= 0.3 is 0 Å². The number of hydrogen-bond donors (Lipinski definition) is 2. The first-order valence-electron chi connectivity index (χ1n) is 6.10. The van der Waals surface area contributed by atoms with Gasteiger partial charge in [0.25, 0.3) is 0 Å². The average Bonchev–Trinajstić information content (AvgIpc) is 2.42. The molecule has 1 aromatic heterocycles. The highest BCUT2D eigenvalue weighted by Gasteiger charge is 2.09. The minimum atomic E-state index is -0.0710. The molecule has 94 valence electrons. The lowest BCUT2D eigenvalue weighted by atomic mass is 10.1. The molecule has 0 amide bonds. The van der Waals surface area contributed by atoms with Crippen molar-refractivity contribution in [3.8, 4) is 0 Å². The van der Waals surface area contributed by atoms with Crippen LogP contribution >= 0.6 is 0 Å². The number of rotatable bonds is 5. The number of nitrogens with one attached hydrogen (secondary N) is 1. The van der Waals surface area contributed by atoms with Gasteiger partial charge in [-0.1, -0.05) is 36.4 Å². The van der Waals surface area contributed by atoms with E-state index in [0.717, 1.165) is 17.8 Å². The van der Waals surface area contributed by atoms with E-state index in [9.17, 15) is 5.11 Å². The van der Waals surface area contributed by atoms with E-state index < -0.39 is 0 Å². The number of nitrogens with zero attached hydrogens (tertiary/aromatic N) is 1. The Bertz CT molecular complexity index is 468. The number of aromatic nitrogens is 1. The van der Waals surface area contributed by atoms with Gasteiger partial charge in [-0.2, -0.15) is 0 Å². The second-order valence-electron chi connectivity index (χ2n) is 4.33. The van der Waals surface area contributed by atoms with Crippen LogP contribution in [0.3, 0.4) is 0 Å². The van der Waals surface area contributed by atoms with E-state index in [-0.39, 0.29) is 12.6 Å². The van der Waals surface area contributed by atoms with E-state index in [1.165, 1.54) is 5.56 Å². The quantitative estimate of drug-likeness (QED) is 0.845. The van der Waals surface area contributed by atoms with E-state index in [0.29, 0.717) is 0 Å². The van der Waals surface area contributed by atoms with Crippen LogP contribution in [0.5, 0.6) is 0 Å². The van der Waals surface area contributed by atoms with Crippen LogP contribution in [-0.4, -0.2) is 16.7 Å². The fourth-order valence-corrected chi connectivity index (χ4v) is 1.81. The summed E-state index contributed by atoms with van der Waals surface area (Å²) in [6, 6.07) is 14.0. The van der Waals surface area contributed by atoms with Gasteiger partial charge in [0.15, 0.2) is 0 Å². The lowest BCUT2D eigenvalue weighted by Gasteiger charge is -2.16. The van der Waals surface area contributed by atoms with Gasteiger partial charge in [0, 0.05) is 18.4 Å². The molecule has 3 heteroatoms. The molecule has 1 unspecified atom stereocenters. The van der Waals surface area contributed by atoms with Crippen LogP contribution in [0.2, 0.25) is 0 Å². The Hall–Kier alpha value is -1.71. The summed E-state index contributed by atoms with van der Waals surface area (Å²) in [5, 5.41) is 12.8. The summed E-state index contributed by atoms with van der Waals surface area (Å²) in [5.74, 6) is 0. The molecular weight excluding hydrogens is 224 g/mol. The van der Waals surface area contributed by atoms with Crippen molar-refractivity contribution in [1.29, 1.82) is 0 Å². The van der Waals surface area contributed by atoms with Gasteiger partial charge in [0.1, 0.15) is 0 Å². The molecule has 1 heterocycles. The number of hydrogen-bond acceptors (Lipinski definition) is 3. The minimum absolute atomic E-state index is 0.0670. The van der Waals surface area contributed by atoms with E-state index in [2.05, 4.69) is 22.4 Å². The Morgan fingerprint density at radius 3 is 2.56 bits per heavy atom. The number of benzene rings is 1. The number of aliphatic hydroxyl groups is 1. The molecule has 2 N–H and O–H groups in total. The predicted molar refractivity (Wildman–Crippen MR) is 72.1 cm³/mol. The maximum absolute atomic E-state index is 9.44. The fraction of sp³-hybridized carbons (Fsp3) is 0.267.